The Morgan fingerprint density at radius 3 is 2.50 bits per heavy atom. The van der Waals surface area contributed by atoms with E-state index in [1.165, 1.54) is 11.1 Å². The van der Waals surface area contributed by atoms with Crippen LogP contribution in [0.15, 0.2) is 42.5 Å². The summed E-state index contributed by atoms with van der Waals surface area (Å²) >= 11 is 11.7. The van der Waals surface area contributed by atoms with Gasteiger partial charge in [-0.2, -0.15) is 0 Å². The zero-order valence-electron chi connectivity index (χ0n) is 16.2. The van der Waals surface area contributed by atoms with Gasteiger partial charge in [-0.25, -0.2) is 4.79 Å². The number of nitrogens with one attached hydrogen (secondary N) is 2. The minimum absolute atomic E-state index is 0.159. The summed E-state index contributed by atoms with van der Waals surface area (Å²) in [5.74, 6) is -0.443. The van der Waals surface area contributed by atoms with E-state index in [0.717, 1.165) is 25.7 Å². The molecule has 0 aliphatic heterocycles. The molecule has 0 bridgehead atoms. The minimum atomic E-state index is -0.443. The van der Waals surface area contributed by atoms with Crippen LogP contribution in [0.4, 0.5) is 5.69 Å². The maximum Gasteiger partial charge on any atom is 0.339 e. The maximum absolute atomic E-state index is 12.1. The molecule has 2 aromatic rings. The average molecular weight is 417 g/mol. The Bertz CT molecular complexity index is 861. The van der Waals surface area contributed by atoms with E-state index >= 15 is 0 Å². The largest absolute Gasteiger partial charge is 0.462 e. The van der Waals surface area contributed by atoms with Crippen LogP contribution >= 0.6 is 23.8 Å². The van der Waals surface area contributed by atoms with Gasteiger partial charge in [0.1, 0.15) is 0 Å². The second-order valence-corrected chi connectivity index (χ2v) is 7.96. The van der Waals surface area contributed by atoms with Crippen LogP contribution in [-0.4, -0.2) is 17.7 Å². The summed E-state index contributed by atoms with van der Waals surface area (Å²) in [4.78, 5) is 12.1. The van der Waals surface area contributed by atoms with Gasteiger partial charge in [0.15, 0.2) is 5.11 Å². The van der Waals surface area contributed by atoms with E-state index in [2.05, 4.69) is 41.8 Å². The highest BCUT2D eigenvalue weighted by atomic mass is 35.5. The quantitative estimate of drug-likeness (QED) is 0.492. The van der Waals surface area contributed by atoms with Crippen LogP contribution < -0.4 is 10.6 Å². The summed E-state index contributed by atoms with van der Waals surface area (Å²) in [5.41, 5.74) is 3.36. The molecule has 6 heteroatoms. The molecule has 2 N–H and O–H groups in total. The van der Waals surface area contributed by atoms with Crippen LogP contribution in [0.25, 0.3) is 0 Å². The smallest absolute Gasteiger partial charge is 0.339 e. The molecule has 148 valence electrons. The van der Waals surface area contributed by atoms with Gasteiger partial charge in [0, 0.05) is 5.69 Å². The van der Waals surface area contributed by atoms with E-state index in [-0.39, 0.29) is 5.54 Å². The number of rotatable bonds is 5. The number of carbonyl (C=O) groups excluding carboxylic acids is 1. The Labute approximate surface area is 176 Å². The van der Waals surface area contributed by atoms with Crippen LogP contribution in [-0.2, 0) is 10.3 Å². The Kier molecular flexibility index (Phi) is 6.57. The second kappa shape index (κ2) is 8.93. The summed E-state index contributed by atoms with van der Waals surface area (Å²) in [6.45, 7) is 4.15. The molecule has 0 amide bonds. The summed E-state index contributed by atoms with van der Waals surface area (Å²) < 4.78 is 5.06. The van der Waals surface area contributed by atoms with Crippen LogP contribution in [0.5, 0.6) is 0 Å². The summed E-state index contributed by atoms with van der Waals surface area (Å²) in [5, 5.41) is 7.61. The Hall–Kier alpha value is -2.11. The van der Waals surface area contributed by atoms with E-state index in [4.69, 9.17) is 28.6 Å². The van der Waals surface area contributed by atoms with Gasteiger partial charge in [-0.15, -0.1) is 0 Å². The standard InChI is InChI=1S/C22H25ClN2O2S/c1-3-27-20(26)18-14-17(10-11-19(18)23)24-21(28)25-22(12-4-5-13-22)16-8-6-15(2)7-9-16/h6-11,14H,3-5,12-13H2,1-2H3,(H2,24,25,28). The molecule has 1 aliphatic carbocycles. The number of ether oxygens (including phenoxy) is 1. The van der Waals surface area contributed by atoms with Crippen molar-refractivity contribution in [1.29, 1.82) is 0 Å². The number of aryl methyl sites for hydroxylation is 1. The van der Waals surface area contributed by atoms with Crippen molar-refractivity contribution >= 4 is 40.6 Å². The highest BCUT2D eigenvalue weighted by molar-refractivity contribution is 7.80. The van der Waals surface area contributed by atoms with Gasteiger partial charge >= 0.3 is 5.97 Å². The predicted molar refractivity (Wildman–Crippen MR) is 118 cm³/mol. The number of hydrogen-bond acceptors (Lipinski definition) is 3. The van der Waals surface area contributed by atoms with Gasteiger partial charge in [0.25, 0.3) is 0 Å². The first-order valence-electron chi connectivity index (χ1n) is 9.56. The Morgan fingerprint density at radius 1 is 1.18 bits per heavy atom. The molecular formula is C22H25ClN2O2S. The Morgan fingerprint density at radius 2 is 1.86 bits per heavy atom. The topological polar surface area (TPSA) is 50.4 Å². The van der Waals surface area contributed by atoms with E-state index < -0.39 is 5.97 Å². The molecule has 1 saturated carbocycles. The lowest BCUT2D eigenvalue weighted by Gasteiger charge is -2.32. The molecule has 2 aromatic carbocycles. The molecule has 4 nitrogen and oxygen atoms in total. The molecule has 1 aliphatic rings. The summed E-state index contributed by atoms with van der Waals surface area (Å²) in [7, 11) is 0. The number of esters is 1. The number of benzene rings is 2. The predicted octanol–water partition coefficient (Wildman–Crippen LogP) is 5.58. The van der Waals surface area contributed by atoms with Crippen molar-refractivity contribution in [1.82, 2.24) is 5.32 Å². The zero-order valence-corrected chi connectivity index (χ0v) is 17.8. The summed E-state index contributed by atoms with van der Waals surface area (Å²) in [6.07, 6.45) is 4.40. The molecule has 28 heavy (non-hydrogen) atoms. The third-order valence-corrected chi connectivity index (χ3v) is 5.67. The monoisotopic (exact) mass is 416 g/mol. The molecule has 1 fully saturated rings. The number of hydrogen-bond donors (Lipinski definition) is 2. The number of carbonyl (C=O) groups is 1. The number of halogens is 1. The van der Waals surface area contributed by atoms with Crippen molar-refractivity contribution in [2.24, 2.45) is 0 Å². The fourth-order valence-electron chi connectivity index (χ4n) is 3.68. The minimum Gasteiger partial charge on any atom is -0.462 e. The Balaban J connectivity index is 1.76. The third kappa shape index (κ3) is 4.65. The van der Waals surface area contributed by atoms with E-state index in [0.29, 0.717) is 28.0 Å². The van der Waals surface area contributed by atoms with Gasteiger partial charge < -0.3 is 15.4 Å². The van der Waals surface area contributed by atoms with Gasteiger partial charge in [-0.05, 0) is 62.7 Å². The molecular weight excluding hydrogens is 392 g/mol. The number of anilines is 1. The van der Waals surface area contributed by atoms with Crippen LogP contribution in [0.3, 0.4) is 0 Å². The number of thiocarbonyl (C=S) groups is 1. The van der Waals surface area contributed by atoms with Crippen molar-refractivity contribution in [3.8, 4) is 0 Å². The van der Waals surface area contributed by atoms with Crippen molar-refractivity contribution < 1.29 is 9.53 Å². The third-order valence-electron chi connectivity index (χ3n) is 5.13. The molecule has 0 spiro atoms. The molecule has 0 heterocycles. The highest BCUT2D eigenvalue weighted by Gasteiger charge is 2.36. The maximum atomic E-state index is 12.1. The second-order valence-electron chi connectivity index (χ2n) is 7.15. The van der Waals surface area contributed by atoms with Crippen molar-refractivity contribution in [2.45, 2.75) is 45.1 Å². The molecule has 0 unspecified atom stereocenters. The molecule has 0 aromatic heterocycles. The van der Waals surface area contributed by atoms with Gasteiger partial charge in [0.2, 0.25) is 0 Å². The van der Waals surface area contributed by atoms with E-state index in [1.807, 2.05) is 0 Å². The normalized spacial score (nSPS) is 15.1. The van der Waals surface area contributed by atoms with Crippen molar-refractivity contribution in [3.05, 3.63) is 64.2 Å². The van der Waals surface area contributed by atoms with Gasteiger partial charge in [-0.3, -0.25) is 0 Å². The fourth-order valence-corrected chi connectivity index (χ4v) is 4.19. The molecule has 3 rings (SSSR count). The zero-order chi connectivity index (χ0) is 20.1. The highest BCUT2D eigenvalue weighted by Crippen LogP contribution is 2.39. The van der Waals surface area contributed by atoms with Gasteiger partial charge in [-0.1, -0.05) is 54.3 Å². The lowest BCUT2D eigenvalue weighted by Crippen LogP contribution is -2.45. The molecule has 0 saturated heterocycles. The lowest BCUT2D eigenvalue weighted by atomic mass is 9.88. The van der Waals surface area contributed by atoms with Crippen LogP contribution in [0.2, 0.25) is 5.02 Å². The van der Waals surface area contributed by atoms with E-state index in [1.54, 1.807) is 25.1 Å². The van der Waals surface area contributed by atoms with E-state index in [9.17, 15) is 4.79 Å². The van der Waals surface area contributed by atoms with Crippen molar-refractivity contribution in [2.75, 3.05) is 11.9 Å². The first-order valence-corrected chi connectivity index (χ1v) is 10.3. The lowest BCUT2D eigenvalue weighted by molar-refractivity contribution is 0.0526. The first kappa shape index (κ1) is 20.6. The van der Waals surface area contributed by atoms with Crippen molar-refractivity contribution in [3.63, 3.8) is 0 Å². The SMILES string of the molecule is CCOC(=O)c1cc(NC(=S)NC2(c3ccc(C)cc3)CCCC2)ccc1Cl. The van der Waals surface area contributed by atoms with Crippen LogP contribution in [0.1, 0.15) is 54.1 Å². The average Bonchev–Trinajstić information content (AvgIpc) is 3.13. The molecule has 0 radical (unpaired) electrons. The fraction of sp³-hybridized carbons (Fsp3) is 0.364. The first-order chi connectivity index (χ1) is 13.4. The summed E-state index contributed by atoms with van der Waals surface area (Å²) in [6, 6.07) is 13.8. The molecule has 0 atom stereocenters. The van der Waals surface area contributed by atoms with Gasteiger partial charge in [0.05, 0.1) is 22.7 Å². The van der Waals surface area contributed by atoms with Crippen LogP contribution in [0, 0.1) is 6.92 Å².